The van der Waals surface area contributed by atoms with Crippen LogP contribution < -0.4 is 5.73 Å². The molecule has 0 saturated heterocycles. The van der Waals surface area contributed by atoms with Gasteiger partial charge in [-0.05, 0) is 6.07 Å². The van der Waals surface area contributed by atoms with Crippen molar-refractivity contribution in [3.8, 4) is 0 Å². The van der Waals surface area contributed by atoms with E-state index in [0.717, 1.165) is 6.07 Å². The number of ether oxygens (including phenoxy) is 1. The van der Waals surface area contributed by atoms with E-state index in [1.165, 1.54) is 31.1 Å². The molecule has 8 heteroatoms. The Morgan fingerprint density at radius 2 is 2.05 bits per heavy atom. The Kier molecular flexibility index (Phi) is 4.41. The van der Waals surface area contributed by atoms with Crippen molar-refractivity contribution >= 4 is 23.3 Å². The molecule has 0 heterocycles. The van der Waals surface area contributed by atoms with Gasteiger partial charge in [-0.25, -0.2) is 4.79 Å². The number of carbonyl (C=O) groups is 2. The maximum absolute atomic E-state index is 11.7. The summed E-state index contributed by atoms with van der Waals surface area (Å²) in [6, 6.07) is 3.43. The molecule has 2 N–H and O–H groups in total. The molecule has 1 aromatic rings. The molecule has 8 nitrogen and oxygen atoms in total. The summed E-state index contributed by atoms with van der Waals surface area (Å²) >= 11 is 0. The number of nitrogen functional groups attached to an aromatic ring is 1. The summed E-state index contributed by atoms with van der Waals surface area (Å²) < 4.78 is 4.73. The van der Waals surface area contributed by atoms with E-state index in [1.807, 2.05) is 0 Å². The highest BCUT2D eigenvalue weighted by molar-refractivity contribution is 5.96. The first-order valence-corrected chi connectivity index (χ1v) is 5.24. The highest BCUT2D eigenvalue weighted by Crippen LogP contribution is 2.20. The molecule has 19 heavy (non-hydrogen) atoms. The average Bonchev–Trinajstić information content (AvgIpc) is 2.35. The van der Waals surface area contributed by atoms with E-state index in [9.17, 15) is 19.7 Å². The quantitative estimate of drug-likeness (QED) is 0.366. The Bertz CT molecular complexity index is 527. The number of nitro groups is 1. The lowest BCUT2D eigenvalue weighted by Gasteiger charge is -2.11. The van der Waals surface area contributed by atoms with Gasteiger partial charge in [-0.2, -0.15) is 0 Å². The van der Waals surface area contributed by atoms with Gasteiger partial charge in [-0.3, -0.25) is 14.9 Å². The van der Waals surface area contributed by atoms with Gasteiger partial charge in [0.15, 0.2) is 6.61 Å². The van der Waals surface area contributed by atoms with E-state index in [2.05, 4.69) is 0 Å². The molecule has 0 saturated carbocycles. The minimum absolute atomic E-state index is 0.0490. The second-order valence-electron chi connectivity index (χ2n) is 3.89. The van der Waals surface area contributed by atoms with Crippen LogP contribution in [0.4, 0.5) is 11.4 Å². The molecule has 0 atom stereocenters. The maximum Gasteiger partial charge on any atom is 0.341 e. The number of esters is 1. The van der Waals surface area contributed by atoms with Gasteiger partial charge in [0, 0.05) is 31.9 Å². The number of anilines is 1. The zero-order chi connectivity index (χ0) is 14.6. The highest BCUT2D eigenvalue weighted by Gasteiger charge is 2.17. The van der Waals surface area contributed by atoms with E-state index < -0.39 is 23.4 Å². The van der Waals surface area contributed by atoms with Crippen LogP contribution in [-0.2, 0) is 9.53 Å². The number of rotatable bonds is 4. The summed E-state index contributed by atoms with van der Waals surface area (Å²) in [5, 5.41) is 10.6. The SMILES string of the molecule is CN(C)C(=O)COC(=O)c1cc([N+](=O)[O-])ccc1N. The van der Waals surface area contributed by atoms with Gasteiger partial charge in [0.1, 0.15) is 0 Å². The third-order valence-electron chi connectivity index (χ3n) is 2.29. The van der Waals surface area contributed by atoms with Crippen LogP contribution in [0.2, 0.25) is 0 Å². The lowest BCUT2D eigenvalue weighted by molar-refractivity contribution is -0.384. The minimum Gasteiger partial charge on any atom is -0.452 e. The number of nitro benzene ring substituents is 1. The Labute approximate surface area is 108 Å². The number of nitrogens with zero attached hydrogens (tertiary/aromatic N) is 2. The standard InChI is InChI=1S/C11H13N3O5/c1-13(2)10(15)6-19-11(16)8-5-7(14(17)18)3-4-9(8)12/h3-5H,6,12H2,1-2H3. The predicted octanol–water partition coefficient (Wildman–Crippen LogP) is 0.422. The fourth-order valence-corrected chi connectivity index (χ4v) is 1.17. The van der Waals surface area contributed by atoms with Crippen molar-refractivity contribution < 1.29 is 19.2 Å². The number of benzene rings is 1. The molecule has 1 amide bonds. The largest absolute Gasteiger partial charge is 0.452 e. The van der Waals surface area contributed by atoms with Crippen LogP contribution in [0, 0.1) is 10.1 Å². The van der Waals surface area contributed by atoms with Crippen molar-refractivity contribution in [2.75, 3.05) is 26.4 Å². The van der Waals surface area contributed by atoms with E-state index >= 15 is 0 Å². The number of nitrogens with two attached hydrogens (primary N) is 1. The summed E-state index contributed by atoms with van der Waals surface area (Å²) in [5.41, 5.74) is 5.17. The Balaban J connectivity index is 2.84. The molecule has 0 fully saturated rings. The van der Waals surface area contributed by atoms with Gasteiger partial charge in [-0.1, -0.05) is 0 Å². The Morgan fingerprint density at radius 1 is 1.42 bits per heavy atom. The van der Waals surface area contributed by atoms with Crippen LogP contribution in [0.3, 0.4) is 0 Å². The number of hydrogen-bond acceptors (Lipinski definition) is 6. The van der Waals surface area contributed by atoms with Crippen LogP contribution in [0.15, 0.2) is 18.2 Å². The van der Waals surface area contributed by atoms with Crippen LogP contribution in [0.5, 0.6) is 0 Å². The third kappa shape index (κ3) is 3.66. The first-order chi connectivity index (χ1) is 8.82. The first-order valence-electron chi connectivity index (χ1n) is 5.24. The van der Waals surface area contributed by atoms with E-state index in [-0.39, 0.29) is 16.9 Å². The molecule has 0 aliphatic rings. The molecule has 0 aliphatic carbocycles. The Hall–Kier alpha value is -2.64. The van der Waals surface area contributed by atoms with Crippen molar-refractivity contribution in [3.05, 3.63) is 33.9 Å². The van der Waals surface area contributed by atoms with Gasteiger partial charge < -0.3 is 15.4 Å². The zero-order valence-electron chi connectivity index (χ0n) is 10.5. The molecule has 0 aliphatic heterocycles. The van der Waals surface area contributed by atoms with Crippen molar-refractivity contribution in [2.24, 2.45) is 0 Å². The van der Waals surface area contributed by atoms with Gasteiger partial charge in [-0.15, -0.1) is 0 Å². The molecular weight excluding hydrogens is 254 g/mol. The molecule has 1 rings (SSSR count). The van der Waals surface area contributed by atoms with E-state index in [1.54, 1.807) is 0 Å². The number of amides is 1. The number of hydrogen-bond donors (Lipinski definition) is 1. The molecule has 0 unspecified atom stereocenters. The topological polar surface area (TPSA) is 116 Å². The fraction of sp³-hybridized carbons (Fsp3) is 0.273. The summed E-state index contributed by atoms with van der Waals surface area (Å²) in [7, 11) is 3.02. The molecular formula is C11H13N3O5. The molecule has 0 bridgehead atoms. The van der Waals surface area contributed by atoms with Gasteiger partial charge >= 0.3 is 5.97 Å². The van der Waals surface area contributed by atoms with E-state index in [0.29, 0.717) is 0 Å². The molecule has 1 aromatic carbocycles. The summed E-state index contributed by atoms with van der Waals surface area (Å²) in [5.74, 6) is -1.28. The van der Waals surface area contributed by atoms with Crippen LogP contribution in [0.25, 0.3) is 0 Å². The Morgan fingerprint density at radius 3 is 2.58 bits per heavy atom. The number of likely N-dealkylation sites (N-methyl/N-ethyl adjacent to an activating group) is 1. The average molecular weight is 267 g/mol. The smallest absolute Gasteiger partial charge is 0.341 e. The van der Waals surface area contributed by atoms with Crippen molar-refractivity contribution in [2.45, 2.75) is 0 Å². The second-order valence-corrected chi connectivity index (χ2v) is 3.89. The van der Waals surface area contributed by atoms with Crippen molar-refractivity contribution in [1.82, 2.24) is 4.90 Å². The summed E-state index contributed by atoms with van der Waals surface area (Å²) in [4.78, 5) is 34.1. The lowest BCUT2D eigenvalue weighted by atomic mass is 10.1. The monoisotopic (exact) mass is 267 g/mol. The van der Waals surface area contributed by atoms with E-state index in [4.69, 9.17) is 10.5 Å². The van der Waals surface area contributed by atoms with Crippen molar-refractivity contribution in [3.63, 3.8) is 0 Å². The highest BCUT2D eigenvalue weighted by atomic mass is 16.6. The van der Waals surface area contributed by atoms with Gasteiger partial charge in [0.25, 0.3) is 11.6 Å². The molecule has 0 radical (unpaired) electrons. The third-order valence-corrected chi connectivity index (χ3v) is 2.29. The number of carbonyl (C=O) groups excluding carboxylic acids is 2. The van der Waals surface area contributed by atoms with Gasteiger partial charge in [0.2, 0.25) is 0 Å². The van der Waals surface area contributed by atoms with Crippen LogP contribution in [0.1, 0.15) is 10.4 Å². The molecule has 0 aromatic heterocycles. The second kappa shape index (κ2) is 5.80. The minimum atomic E-state index is -0.878. The summed E-state index contributed by atoms with van der Waals surface area (Å²) in [6.07, 6.45) is 0. The molecule has 102 valence electrons. The zero-order valence-corrected chi connectivity index (χ0v) is 10.5. The van der Waals surface area contributed by atoms with Gasteiger partial charge in [0.05, 0.1) is 10.5 Å². The maximum atomic E-state index is 11.7. The normalized spacial score (nSPS) is 9.79. The lowest BCUT2D eigenvalue weighted by Crippen LogP contribution is -2.27. The van der Waals surface area contributed by atoms with Crippen molar-refractivity contribution in [1.29, 1.82) is 0 Å². The van der Waals surface area contributed by atoms with Crippen LogP contribution in [-0.4, -0.2) is 42.4 Å². The molecule has 0 spiro atoms. The number of non-ortho nitro benzene ring substituents is 1. The summed E-state index contributed by atoms with van der Waals surface area (Å²) in [6.45, 7) is -0.450. The van der Waals surface area contributed by atoms with Crippen LogP contribution >= 0.6 is 0 Å². The fourth-order valence-electron chi connectivity index (χ4n) is 1.17. The first kappa shape index (κ1) is 14.4. The predicted molar refractivity (Wildman–Crippen MR) is 66.5 cm³/mol.